The first-order chi connectivity index (χ1) is 8.93. The van der Waals surface area contributed by atoms with Crippen molar-refractivity contribution in [3.05, 3.63) is 28.7 Å². The van der Waals surface area contributed by atoms with Gasteiger partial charge in [-0.1, -0.05) is 15.9 Å². The van der Waals surface area contributed by atoms with Crippen LogP contribution in [-0.4, -0.2) is 53.3 Å². The summed E-state index contributed by atoms with van der Waals surface area (Å²) >= 11 is 3.33. The largest absolute Gasteiger partial charge is 0.491 e. The van der Waals surface area contributed by atoms with Gasteiger partial charge in [-0.3, -0.25) is 0 Å². The smallest absolute Gasteiger partial charge is 0.119 e. The molecule has 0 bridgehead atoms. The summed E-state index contributed by atoms with van der Waals surface area (Å²) in [4.78, 5) is 0. The zero-order valence-corrected chi connectivity index (χ0v) is 12.4. The minimum absolute atomic E-state index is 0.163. The molecule has 0 aliphatic carbocycles. The van der Waals surface area contributed by atoms with Gasteiger partial charge < -0.3 is 25.4 Å². The molecule has 1 rings (SSSR count). The average molecular weight is 334 g/mol. The predicted molar refractivity (Wildman–Crippen MR) is 76.2 cm³/mol. The maximum atomic E-state index is 9.69. The first kappa shape index (κ1) is 16.4. The highest BCUT2D eigenvalue weighted by atomic mass is 79.9. The molecule has 0 amide bonds. The molecule has 5 nitrogen and oxygen atoms in total. The molecular formula is C13H20BrNO4. The second-order valence-electron chi connectivity index (χ2n) is 4.70. The molecule has 6 heteroatoms. The fourth-order valence-corrected chi connectivity index (χ4v) is 1.61. The van der Waals surface area contributed by atoms with Crippen LogP contribution in [0.4, 0.5) is 0 Å². The summed E-state index contributed by atoms with van der Waals surface area (Å²) in [6, 6.07) is 7.33. The highest BCUT2D eigenvalue weighted by Gasteiger charge is 2.18. The molecule has 0 saturated carbocycles. The molecule has 108 valence electrons. The number of hydrogen-bond donors (Lipinski definition) is 4. The molecule has 0 aliphatic rings. The first-order valence-corrected chi connectivity index (χ1v) is 6.82. The standard InChI is InChI=1S/C13H20BrNO4/c1-13(18,9-16)8-15-6-11(17)7-19-12-4-2-10(14)3-5-12/h2-5,11,15-18H,6-9H2,1H3. The number of ether oxygens (including phenoxy) is 1. The molecule has 2 unspecified atom stereocenters. The van der Waals surface area contributed by atoms with Gasteiger partial charge in [-0.15, -0.1) is 0 Å². The van der Waals surface area contributed by atoms with Crippen LogP contribution in [-0.2, 0) is 0 Å². The van der Waals surface area contributed by atoms with Crippen LogP contribution in [0.5, 0.6) is 5.75 Å². The Labute approximate surface area is 121 Å². The minimum Gasteiger partial charge on any atom is -0.491 e. The summed E-state index contributed by atoms with van der Waals surface area (Å²) < 4.78 is 6.38. The van der Waals surface area contributed by atoms with E-state index in [2.05, 4.69) is 21.2 Å². The van der Waals surface area contributed by atoms with Gasteiger partial charge in [0.1, 0.15) is 18.5 Å². The van der Waals surface area contributed by atoms with Gasteiger partial charge in [0.25, 0.3) is 0 Å². The van der Waals surface area contributed by atoms with Crippen LogP contribution >= 0.6 is 15.9 Å². The van der Waals surface area contributed by atoms with Gasteiger partial charge in [-0.2, -0.15) is 0 Å². The van der Waals surface area contributed by atoms with Gasteiger partial charge in [0.2, 0.25) is 0 Å². The van der Waals surface area contributed by atoms with E-state index in [0.717, 1.165) is 4.47 Å². The van der Waals surface area contributed by atoms with Crippen LogP contribution in [0.2, 0.25) is 0 Å². The van der Waals surface area contributed by atoms with Gasteiger partial charge in [0, 0.05) is 17.6 Å². The molecule has 2 atom stereocenters. The third-order valence-electron chi connectivity index (χ3n) is 2.48. The molecule has 0 spiro atoms. The third kappa shape index (κ3) is 6.89. The average Bonchev–Trinajstić information content (AvgIpc) is 2.38. The van der Waals surface area contributed by atoms with E-state index in [0.29, 0.717) is 5.75 Å². The van der Waals surface area contributed by atoms with Gasteiger partial charge >= 0.3 is 0 Å². The Morgan fingerprint density at radius 1 is 1.37 bits per heavy atom. The van der Waals surface area contributed by atoms with Crippen LogP contribution in [0.15, 0.2) is 28.7 Å². The van der Waals surface area contributed by atoms with Crippen molar-refractivity contribution < 1.29 is 20.1 Å². The molecule has 0 saturated heterocycles. The Morgan fingerprint density at radius 3 is 2.58 bits per heavy atom. The first-order valence-electron chi connectivity index (χ1n) is 6.03. The van der Waals surface area contributed by atoms with E-state index >= 15 is 0 Å². The molecule has 1 aromatic carbocycles. The van der Waals surface area contributed by atoms with Crippen molar-refractivity contribution in [3.63, 3.8) is 0 Å². The zero-order chi connectivity index (χ0) is 14.3. The van der Waals surface area contributed by atoms with Crippen LogP contribution in [0.3, 0.4) is 0 Å². The molecule has 0 fully saturated rings. The van der Waals surface area contributed by atoms with Crippen molar-refractivity contribution >= 4 is 15.9 Å². The van der Waals surface area contributed by atoms with Crippen molar-refractivity contribution in [1.82, 2.24) is 5.32 Å². The fourth-order valence-electron chi connectivity index (χ4n) is 1.35. The Morgan fingerprint density at radius 2 is 2.00 bits per heavy atom. The number of hydrogen-bond acceptors (Lipinski definition) is 5. The van der Waals surface area contributed by atoms with Crippen LogP contribution < -0.4 is 10.1 Å². The number of nitrogens with one attached hydrogen (secondary N) is 1. The predicted octanol–water partition coefficient (Wildman–Crippen LogP) is 0.522. The molecule has 0 radical (unpaired) electrons. The van der Waals surface area contributed by atoms with Crippen LogP contribution in [0.1, 0.15) is 6.92 Å². The SMILES string of the molecule is CC(O)(CO)CNCC(O)COc1ccc(Br)cc1. The Hall–Kier alpha value is -0.660. The van der Waals surface area contributed by atoms with E-state index in [1.165, 1.54) is 6.92 Å². The fraction of sp³-hybridized carbons (Fsp3) is 0.538. The monoisotopic (exact) mass is 333 g/mol. The summed E-state index contributed by atoms with van der Waals surface area (Å²) in [7, 11) is 0. The van der Waals surface area contributed by atoms with Crippen LogP contribution in [0, 0.1) is 0 Å². The van der Waals surface area contributed by atoms with Crippen molar-refractivity contribution in [2.75, 3.05) is 26.3 Å². The quantitative estimate of drug-likeness (QED) is 0.557. The second-order valence-corrected chi connectivity index (χ2v) is 5.62. The number of aliphatic hydroxyl groups is 3. The van der Waals surface area contributed by atoms with Crippen LogP contribution in [0.25, 0.3) is 0 Å². The molecule has 1 aromatic rings. The second kappa shape index (κ2) is 7.81. The molecule has 0 aromatic heterocycles. The van der Waals surface area contributed by atoms with Gasteiger partial charge in [0.15, 0.2) is 0 Å². The lowest BCUT2D eigenvalue weighted by atomic mass is 10.1. The number of benzene rings is 1. The minimum atomic E-state index is -1.17. The lowest BCUT2D eigenvalue weighted by molar-refractivity contribution is -0.000325. The van der Waals surface area contributed by atoms with Gasteiger partial charge in [-0.25, -0.2) is 0 Å². The van der Waals surface area contributed by atoms with E-state index in [4.69, 9.17) is 9.84 Å². The van der Waals surface area contributed by atoms with Crippen molar-refractivity contribution in [2.24, 2.45) is 0 Å². The summed E-state index contributed by atoms with van der Waals surface area (Å²) in [6.45, 7) is 1.84. The molecule has 0 heterocycles. The van der Waals surface area contributed by atoms with Crippen molar-refractivity contribution in [1.29, 1.82) is 0 Å². The van der Waals surface area contributed by atoms with Gasteiger partial charge in [0.05, 0.1) is 12.2 Å². The van der Waals surface area contributed by atoms with E-state index < -0.39 is 11.7 Å². The summed E-state index contributed by atoms with van der Waals surface area (Å²) in [5.74, 6) is 0.685. The maximum absolute atomic E-state index is 9.69. The highest BCUT2D eigenvalue weighted by Crippen LogP contribution is 2.16. The summed E-state index contributed by atoms with van der Waals surface area (Å²) in [5.41, 5.74) is -1.17. The highest BCUT2D eigenvalue weighted by molar-refractivity contribution is 9.10. The Kier molecular flexibility index (Phi) is 6.74. The molecule has 0 aliphatic heterocycles. The van der Waals surface area contributed by atoms with Crippen molar-refractivity contribution in [2.45, 2.75) is 18.6 Å². The van der Waals surface area contributed by atoms with Gasteiger partial charge in [-0.05, 0) is 31.2 Å². The number of rotatable bonds is 8. The maximum Gasteiger partial charge on any atom is 0.119 e. The van der Waals surface area contributed by atoms with E-state index in [-0.39, 0.29) is 26.3 Å². The summed E-state index contributed by atoms with van der Waals surface area (Å²) in [6.07, 6.45) is -0.682. The third-order valence-corrected chi connectivity index (χ3v) is 3.01. The van der Waals surface area contributed by atoms with E-state index in [1.807, 2.05) is 12.1 Å². The zero-order valence-electron chi connectivity index (χ0n) is 10.8. The summed E-state index contributed by atoms with van der Waals surface area (Å²) in [5, 5.41) is 31.0. The lowest BCUT2D eigenvalue weighted by Gasteiger charge is -2.21. The van der Waals surface area contributed by atoms with E-state index in [1.54, 1.807) is 12.1 Å². The normalized spacial score (nSPS) is 15.8. The Bertz CT molecular complexity index is 369. The number of aliphatic hydroxyl groups excluding tert-OH is 2. The van der Waals surface area contributed by atoms with E-state index in [9.17, 15) is 10.2 Å². The molecular weight excluding hydrogens is 314 g/mol. The lowest BCUT2D eigenvalue weighted by Crippen LogP contribution is -2.44. The molecule has 19 heavy (non-hydrogen) atoms. The number of halogens is 1. The Balaban J connectivity index is 2.21. The molecule has 4 N–H and O–H groups in total. The van der Waals surface area contributed by atoms with Crippen molar-refractivity contribution in [3.8, 4) is 5.75 Å². The topological polar surface area (TPSA) is 82.0 Å².